The van der Waals surface area contributed by atoms with Gasteiger partial charge in [0.05, 0.1) is 11.3 Å². The fraction of sp³-hybridized carbons (Fsp3) is 0.150. The van der Waals surface area contributed by atoms with Crippen molar-refractivity contribution >= 4 is 23.0 Å². The molecule has 3 aromatic carbocycles. The lowest BCUT2D eigenvalue weighted by molar-refractivity contribution is 0.0824. The van der Waals surface area contributed by atoms with Gasteiger partial charge in [-0.3, -0.25) is 14.4 Å². The Morgan fingerprint density at radius 2 is 1.75 bits per heavy atom. The molecule has 3 aromatic rings. The van der Waals surface area contributed by atoms with E-state index in [-0.39, 0.29) is 34.9 Å². The molecule has 28 heavy (non-hydrogen) atoms. The smallest absolute Gasteiger partial charge is 0.257 e. The van der Waals surface area contributed by atoms with Crippen molar-refractivity contribution < 1.29 is 14.3 Å². The molecule has 3 N–H and O–H groups in total. The van der Waals surface area contributed by atoms with Gasteiger partial charge in [0.2, 0.25) is 0 Å². The number of nitrogens with one attached hydrogen (secondary N) is 2. The summed E-state index contributed by atoms with van der Waals surface area (Å²) in [4.78, 5) is 37.3. The molecule has 0 saturated carbocycles. The normalized spacial score (nSPS) is 10.7. The summed E-state index contributed by atoms with van der Waals surface area (Å²) in [6.07, 6.45) is 0. The number of halogens is 1. The Labute approximate surface area is 159 Å². The van der Waals surface area contributed by atoms with Crippen molar-refractivity contribution in [2.75, 3.05) is 24.7 Å². The van der Waals surface area contributed by atoms with Crippen LogP contribution in [0.4, 0.5) is 21.5 Å². The zero-order valence-corrected chi connectivity index (χ0v) is 15.2. The van der Waals surface area contributed by atoms with Crippen LogP contribution in [-0.2, 0) is 6.54 Å². The molecule has 1 amide bonds. The number of nitrogens with zero attached hydrogens (tertiary/aromatic N) is 1. The number of phenols is 1. The average Bonchev–Trinajstić information content (AvgIpc) is 2.67. The average molecular weight is 383 g/mol. The fourth-order valence-electron chi connectivity index (χ4n) is 2.71. The van der Waals surface area contributed by atoms with E-state index in [1.165, 1.54) is 29.2 Å². The maximum atomic E-state index is 13.3. The lowest BCUT2D eigenvalue weighted by atomic mass is 10.1. The molecule has 0 unspecified atom stereocenters. The second kappa shape index (κ2) is 7.51. The third-order valence-electron chi connectivity index (χ3n) is 4.20. The van der Waals surface area contributed by atoms with Gasteiger partial charge in [0.1, 0.15) is 17.2 Å². The van der Waals surface area contributed by atoms with E-state index in [1.807, 2.05) is 0 Å². The van der Waals surface area contributed by atoms with Gasteiger partial charge in [-0.2, -0.15) is 0 Å². The first-order valence-electron chi connectivity index (χ1n) is 8.42. The van der Waals surface area contributed by atoms with E-state index >= 15 is 0 Å². The highest BCUT2D eigenvalue weighted by molar-refractivity contribution is 5.99. The van der Waals surface area contributed by atoms with E-state index in [0.717, 1.165) is 0 Å². The van der Waals surface area contributed by atoms with Crippen molar-refractivity contribution in [1.82, 2.24) is 4.90 Å². The van der Waals surface area contributed by atoms with E-state index in [0.29, 0.717) is 5.56 Å². The van der Waals surface area contributed by atoms with Gasteiger partial charge in [0.25, 0.3) is 16.8 Å². The summed E-state index contributed by atoms with van der Waals surface area (Å²) < 4.78 is 13.3. The monoisotopic (exact) mass is 383 g/mol. The third kappa shape index (κ3) is 3.57. The number of benzene rings is 2. The molecule has 0 aliphatic carbocycles. The van der Waals surface area contributed by atoms with Crippen LogP contribution in [0.1, 0.15) is 15.9 Å². The highest BCUT2D eigenvalue weighted by Crippen LogP contribution is 2.32. The van der Waals surface area contributed by atoms with Gasteiger partial charge in [0.15, 0.2) is 5.75 Å². The second-order valence-corrected chi connectivity index (χ2v) is 6.42. The van der Waals surface area contributed by atoms with E-state index in [9.17, 15) is 23.9 Å². The van der Waals surface area contributed by atoms with Crippen LogP contribution in [0.5, 0.6) is 5.75 Å². The van der Waals surface area contributed by atoms with Crippen LogP contribution >= 0.6 is 0 Å². The third-order valence-corrected chi connectivity index (χ3v) is 4.20. The van der Waals surface area contributed by atoms with Crippen LogP contribution in [0.3, 0.4) is 0 Å². The Balaban J connectivity index is 1.84. The zero-order valence-electron chi connectivity index (χ0n) is 15.2. The number of phenolic OH excluding ortho intramolecular Hbond substituents is 1. The maximum absolute atomic E-state index is 13.3. The molecule has 0 saturated heterocycles. The van der Waals surface area contributed by atoms with Gasteiger partial charge in [-0.1, -0.05) is 18.2 Å². The largest absolute Gasteiger partial charge is 0.505 e. The summed E-state index contributed by atoms with van der Waals surface area (Å²) in [5.74, 6) is -1.14. The number of aromatic hydroxyl groups is 1. The molecule has 0 bridgehead atoms. The summed E-state index contributed by atoms with van der Waals surface area (Å²) in [6, 6.07) is 10.3. The first kappa shape index (κ1) is 19.1. The molecule has 8 heteroatoms. The molecular formula is C20H18FN3O4. The Bertz CT molecular complexity index is 1120. The van der Waals surface area contributed by atoms with Crippen molar-refractivity contribution in [3.63, 3.8) is 0 Å². The Hall–Kier alpha value is -3.68. The van der Waals surface area contributed by atoms with Gasteiger partial charge >= 0.3 is 0 Å². The van der Waals surface area contributed by atoms with Crippen molar-refractivity contribution in [2.24, 2.45) is 0 Å². The highest BCUT2D eigenvalue weighted by Gasteiger charge is 2.23. The Morgan fingerprint density at radius 3 is 2.43 bits per heavy atom. The molecule has 0 fully saturated rings. The fourth-order valence-corrected chi connectivity index (χ4v) is 2.71. The van der Waals surface area contributed by atoms with Crippen LogP contribution < -0.4 is 21.5 Å². The molecule has 0 radical (unpaired) electrons. The Kier molecular flexibility index (Phi) is 5.12. The number of carbonyl (C=O) groups excluding carboxylic acids is 1. The molecular weight excluding hydrogens is 365 g/mol. The number of hydrogen-bond acceptors (Lipinski definition) is 6. The number of amides is 1. The van der Waals surface area contributed by atoms with Crippen LogP contribution in [0.25, 0.3) is 0 Å². The van der Waals surface area contributed by atoms with Gasteiger partial charge in [-0.05, 0) is 29.8 Å². The minimum Gasteiger partial charge on any atom is -0.505 e. The van der Waals surface area contributed by atoms with Gasteiger partial charge in [-0.25, -0.2) is 4.39 Å². The lowest BCUT2D eigenvalue weighted by Crippen LogP contribution is -2.36. The SMILES string of the molecule is CN(C)C(=O)c1cccc(Nc2c(NCc3cccc(F)c3)c(=O)c2=O)c1O. The molecule has 0 aliphatic rings. The number of carbonyl (C=O) groups is 1. The molecule has 0 aliphatic heterocycles. The summed E-state index contributed by atoms with van der Waals surface area (Å²) >= 11 is 0. The zero-order chi connectivity index (χ0) is 20.4. The molecule has 3 rings (SSSR count). The molecule has 0 atom stereocenters. The number of anilines is 3. The first-order valence-corrected chi connectivity index (χ1v) is 8.42. The van der Waals surface area contributed by atoms with Crippen LogP contribution in [0.15, 0.2) is 52.1 Å². The molecule has 7 nitrogen and oxygen atoms in total. The molecule has 0 heterocycles. The minimum atomic E-state index is -0.745. The topological polar surface area (TPSA) is 98.7 Å². The quantitative estimate of drug-likeness (QED) is 0.446. The highest BCUT2D eigenvalue weighted by atomic mass is 19.1. The number of para-hydroxylation sites is 1. The van der Waals surface area contributed by atoms with Gasteiger partial charge in [0, 0.05) is 20.6 Å². The van der Waals surface area contributed by atoms with Crippen LogP contribution in [0.2, 0.25) is 0 Å². The van der Waals surface area contributed by atoms with Crippen molar-refractivity contribution in [3.8, 4) is 5.75 Å². The van der Waals surface area contributed by atoms with E-state index in [1.54, 1.807) is 32.3 Å². The lowest BCUT2D eigenvalue weighted by Gasteiger charge is -2.17. The number of hydrogen-bond donors (Lipinski definition) is 3. The molecule has 0 spiro atoms. The van der Waals surface area contributed by atoms with E-state index in [4.69, 9.17) is 0 Å². The van der Waals surface area contributed by atoms with Gasteiger partial charge in [-0.15, -0.1) is 0 Å². The van der Waals surface area contributed by atoms with Crippen molar-refractivity contribution in [3.05, 3.63) is 79.9 Å². The van der Waals surface area contributed by atoms with Gasteiger partial charge < -0.3 is 20.6 Å². The van der Waals surface area contributed by atoms with Crippen molar-refractivity contribution in [1.29, 1.82) is 0 Å². The first-order chi connectivity index (χ1) is 13.3. The standard InChI is InChI=1S/C20H18FN3O4/c1-24(2)20(28)13-7-4-8-14(17(13)25)23-16-15(18(26)19(16)27)22-10-11-5-3-6-12(21)9-11/h3-9,22-23,25H,10H2,1-2H3. The maximum Gasteiger partial charge on any atom is 0.257 e. The summed E-state index contributed by atoms with van der Waals surface area (Å²) in [7, 11) is 3.10. The summed E-state index contributed by atoms with van der Waals surface area (Å²) in [6.45, 7) is 0.141. The van der Waals surface area contributed by atoms with Crippen LogP contribution in [0, 0.1) is 5.82 Å². The summed E-state index contributed by atoms with van der Waals surface area (Å²) in [5.41, 5.74) is -0.662. The summed E-state index contributed by atoms with van der Waals surface area (Å²) in [5, 5.41) is 15.9. The van der Waals surface area contributed by atoms with E-state index in [2.05, 4.69) is 10.6 Å². The Morgan fingerprint density at radius 1 is 1.07 bits per heavy atom. The minimum absolute atomic E-state index is 0.0221. The predicted molar refractivity (Wildman–Crippen MR) is 104 cm³/mol. The van der Waals surface area contributed by atoms with Crippen LogP contribution in [-0.4, -0.2) is 30.0 Å². The molecule has 0 aromatic heterocycles. The van der Waals surface area contributed by atoms with E-state index < -0.39 is 22.6 Å². The molecule has 144 valence electrons. The van der Waals surface area contributed by atoms with Crippen molar-refractivity contribution in [2.45, 2.75) is 6.54 Å². The second-order valence-electron chi connectivity index (χ2n) is 6.42. The number of rotatable bonds is 6. The predicted octanol–water partition coefficient (Wildman–Crippen LogP) is 2.18.